The van der Waals surface area contributed by atoms with Crippen LogP contribution in [0.1, 0.15) is 58.8 Å². The molecule has 3 heteroatoms. The number of rotatable bonds is 3. The Bertz CT molecular complexity index is 335. The molecule has 108 valence electrons. The Morgan fingerprint density at radius 3 is 2.16 bits per heavy atom. The number of hydrogen-bond donors (Lipinski definition) is 1. The van der Waals surface area contributed by atoms with Gasteiger partial charge in [0.1, 0.15) is 0 Å². The molecule has 3 aliphatic rings. The summed E-state index contributed by atoms with van der Waals surface area (Å²) < 4.78 is 0. The van der Waals surface area contributed by atoms with E-state index >= 15 is 0 Å². The van der Waals surface area contributed by atoms with Gasteiger partial charge in [-0.2, -0.15) is 0 Å². The van der Waals surface area contributed by atoms with E-state index in [-0.39, 0.29) is 5.92 Å². The highest BCUT2D eigenvalue weighted by atomic mass is 16.2. The molecule has 2 unspecified atom stereocenters. The Balaban J connectivity index is 1.70. The van der Waals surface area contributed by atoms with Gasteiger partial charge in [-0.15, -0.1) is 0 Å². The molecule has 1 amide bonds. The second-order valence-corrected chi connectivity index (χ2v) is 7.27. The van der Waals surface area contributed by atoms with Crippen molar-refractivity contribution in [3.63, 3.8) is 0 Å². The maximum Gasteiger partial charge on any atom is 0.226 e. The van der Waals surface area contributed by atoms with Gasteiger partial charge in [0.15, 0.2) is 0 Å². The molecule has 0 aliphatic heterocycles. The molecule has 3 aliphatic carbocycles. The fraction of sp³-hybridized carbons (Fsp3) is 0.938. The van der Waals surface area contributed by atoms with Crippen LogP contribution >= 0.6 is 0 Å². The molecule has 0 saturated heterocycles. The SMILES string of the molecule is CC(C)N(C(=O)C1CC2CCCC(C1)C2N)C1CC1. The van der Waals surface area contributed by atoms with Crippen molar-refractivity contribution in [3.05, 3.63) is 0 Å². The number of fused-ring (bicyclic) bond motifs is 2. The van der Waals surface area contributed by atoms with E-state index < -0.39 is 0 Å². The molecular formula is C16H28N2O. The second kappa shape index (κ2) is 5.08. The molecule has 0 heterocycles. The quantitative estimate of drug-likeness (QED) is 0.851. The van der Waals surface area contributed by atoms with E-state index in [1.165, 1.54) is 32.1 Å². The third kappa shape index (κ3) is 2.54. The van der Waals surface area contributed by atoms with Crippen LogP contribution in [0.2, 0.25) is 0 Å². The van der Waals surface area contributed by atoms with Crippen molar-refractivity contribution in [3.8, 4) is 0 Å². The van der Waals surface area contributed by atoms with Gasteiger partial charge in [0.25, 0.3) is 0 Å². The molecule has 2 bridgehead atoms. The van der Waals surface area contributed by atoms with E-state index in [1.807, 2.05) is 0 Å². The van der Waals surface area contributed by atoms with Crippen LogP contribution in [0.15, 0.2) is 0 Å². The minimum Gasteiger partial charge on any atom is -0.337 e. The molecule has 2 atom stereocenters. The summed E-state index contributed by atoms with van der Waals surface area (Å²) in [6.45, 7) is 4.32. The Labute approximate surface area is 116 Å². The van der Waals surface area contributed by atoms with E-state index in [2.05, 4.69) is 18.7 Å². The average Bonchev–Trinajstić information content (AvgIpc) is 3.12. The first-order valence-corrected chi connectivity index (χ1v) is 8.15. The Hall–Kier alpha value is -0.570. The Morgan fingerprint density at radius 2 is 1.68 bits per heavy atom. The molecule has 19 heavy (non-hydrogen) atoms. The van der Waals surface area contributed by atoms with Crippen LogP contribution in [0.5, 0.6) is 0 Å². The molecule has 0 spiro atoms. The zero-order chi connectivity index (χ0) is 13.6. The maximum absolute atomic E-state index is 12.8. The van der Waals surface area contributed by atoms with Crippen molar-refractivity contribution in [2.45, 2.75) is 76.9 Å². The van der Waals surface area contributed by atoms with Crippen molar-refractivity contribution in [1.29, 1.82) is 0 Å². The van der Waals surface area contributed by atoms with Crippen LogP contribution in [0, 0.1) is 17.8 Å². The van der Waals surface area contributed by atoms with Crippen molar-refractivity contribution in [2.24, 2.45) is 23.5 Å². The van der Waals surface area contributed by atoms with E-state index in [1.54, 1.807) is 0 Å². The van der Waals surface area contributed by atoms with Crippen molar-refractivity contribution >= 4 is 5.91 Å². The van der Waals surface area contributed by atoms with Gasteiger partial charge in [-0.05, 0) is 64.2 Å². The molecular weight excluding hydrogens is 236 g/mol. The lowest BCUT2D eigenvalue weighted by atomic mass is 9.65. The zero-order valence-electron chi connectivity index (χ0n) is 12.3. The summed E-state index contributed by atoms with van der Waals surface area (Å²) in [5.74, 6) is 1.91. The first-order valence-electron chi connectivity index (χ1n) is 8.15. The normalized spacial score (nSPS) is 38.3. The molecule has 0 radical (unpaired) electrons. The van der Waals surface area contributed by atoms with Crippen LogP contribution < -0.4 is 5.73 Å². The maximum atomic E-state index is 12.8. The minimum absolute atomic E-state index is 0.262. The van der Waals surface area contributed by atoms with E-state index in [9.17, 15) is 4.79 Å². The fourth-order valence-corrected chi connectivity index (χ4v) is 4.41. The van der Waals surface area contributed by atoms with Gasteiger partial charge in [0, 0.05) is 24.0 Å². The fourth-order valence-electron chi connectivity index (χ4n) is 4.41. The van der Waals surface area contributed by atoms with E-state index in [0.717, 1.165) is 12.8 Å². The van der Waals surface area contributed by atoms with Crippen LogP contribution in [0.4, 0.5) is 0 Å². The number of carbonyl (C=O) groups excluding carboxylic acids is 1. The lowest BCUT2D eigenvalue weighted by molar-refractivity contribution is -0.141. The predicted octanol–water partition coefficient (Wildman–Crippen LogP) is 2.54. The van der Waals surface area contributed by atoms with Gasteiger partial charge in [-0.25, -0.2) is 0 Å². The largest absolute Gasteiger partial charge is 0.337 e. The monoisotopic (exact) mass is 264 g/mol. The van der Waals surface area contributed by atoms with Gasteiger partial charge in [0.05, 0.1) is 0 Å². The van der Waals surface area contributed by atoms with Gasteiger partial charge in [-0.3, -0.25) is 4.79 Å². The summed E-state index contributed by atoms with van der Waals surface area (Å²) in [7, 11) is 0. The molecule has 3 rings (SSSR count). The predicted molar refractivity (Wildman–Crippen MR) is 76.5 cm³/mol. The zero-order valence-corrected chi connectivity index (χ0v) is 12.3. The number of hydrogen-bond acceptors (Lipinski definition) is 2. The topological polar surface area (TPSA) is 46.3 Å². The first-order chi connectivity index (χ1) is 9.08. The van der Waals surface area contributed by atoms with Gasteiger partial charge >= 0.3 is 0 Å². The number of nitrogens with zero attached hydrogens (tertiary/aromatic N) is 1. The van der Waals surface area contributed by atoms with Crippen molar-refractivity contribution in [2.75, 3.05) is 0 Å². The van der Waals surface area contributed by atoms with Crippen molar-refractivity contribution in [1.82, 2.24) is 4.90 Å². The Kier molecular flexibility index (Phi) is 3.59. The standard InChI is InChI=1S/C16H28N2O/c1-10(2)18(14-6-7-14)16(19)13-8-11-4-3-5-12(9-13)15(11)17/h10-15H,3-9,17H2,1-2H3. The lowest BCUT2D eigenvalue weighted by Gasteiger charge is -2.45. The minimum atomic E-state index is 0.262. The smallest absolute Gasteiger partial charge is 0.226 e. The molecule has 0 aromatic heterocycles. The van der Waals surface area contributed by atoms with Crippen LogP contribution in [-0.2, 0) is 4.79 Å². The van der Waals surface area contributed by atoms with Crippen LogP contribution in [0.3, 0.4) is 0 Å². The Morgan fingerprint density at radius 1 is 1.11 bits per heavy atom. The first kappa shape index (κ1) is 13.4. The summed E-state index contributed by atoms with van der Waals surface area (Å²) >= 11 is 0. The molecule has 3 fully saturated rings. The molecule has 3 nitrogen and oxygen atoms in total. The summed E-state index contributed by atoms with van der Waals surface area (Å²) in [6, 6.07) is 1.27. The van der Waals surface area contributed by atoms with Gasteiger partial charge in [0.2, 0.25) is 5.91 Å². The van der Waals surface area contributed by atoms with Crippen molar-refractivity contribution < 1.29 is 4.79 Å². The summed E-state index contributed by atoms with van der Waals surface area (Å²) in [6.07, 6.45) is 8.32. The van der Waals surface area contributed by atoms with E-state index in [0.29, 0.717) is 35.9 Å². The van der Waals surface area contributed by atoms with E-state index in [4.69, 9.17) is 5.73 Å². The lowest BCUT2D eigenvalue weighted by Crippen LogP contribution is -2.51. The molecule has 2 N–H and O–H groups in total. The third-order valence-electron chi connectivity index (χ3n) is 5.51. The summed E-state index contributed by atoms with van der Waals surface area (Å²) in [5.41, 5.74) is 6.33. The molecule has 3 saturated carbocycles. The van der Waals surface area contributed by atoms with Gasteiger partial charge in [-0.1, -0.05) is 6.42 Å². The molecule has 0 aromatic carbocycles. The summed E-state index contributed by atoms with van der Waals surface area (Å²) in [5, 5.41) is 0. The van der Waals surface area contributed by atoms with Crippen LogP contribution in [-0.4, -0.2) is 28.9 Å². The van der Waals surface area contributed by atoms with Crippen LogP contribution in [0.25, 0.3) is 0 Å². The highest BCUT2D eigenvalue weighted by Gasteiger charge is 2.44. The number of carbonyl (C=O) groups is 1. The second-order valence-electron chi connectivity index (χ2n) is 7.27. The average molecular weight is 264 g/mol. The third-order valence-corrected chi connectivity index (χ3v) is 5.51. The summed E-state index contributed by atoms with van der Waals surface area (Å²) in [4.78, 5) is 15.0. The van der Waals surface area contributed by atoms with Gasteiger partial charge < -0.3 is 10.6 Å². The number of nitrogens with two attached hydrogens (primary N) is 1. The highest BCUT2D eigenvalue weighted by Crippen LogP contribution is 2.43. The molecule has 0 aromatic rings. The number of amides is 1. The highest BCUT2D eigenvalue weighted by molar-refractivity contribution is 5.80.